The number of ether oxygens (including phenoxy) is 2. The van der Waals surface area contributed by atoms with Crippen molar-refractivity contribution in [1.29, 1.82) is 0 Å². The number of para-hydroxylation sites is 1. The monoisotopic (exact) mass is 285 g/mol. The molecule has 2 rings (SSSR count). The van der Waals surface area contributed by atoms with Gasteiger partial charge in [-0.25, -0.2) is 0 Å². The van der Waals surface area contributed by atoms with Gasteiger partial charge in [0, 0.05) is 11.6 Å². The molecule has 2 N–H and O–H groups in total. The Balaban J connectivity index is 2.35. The highest BCUT2D eigenvalue weighted by atomic mass is 16.5. The molecule has 0 aliphatic carbocycles. The van der Waals surface area contributed by atoms with Gasteiger partial charge in [-0.2, -0.15) is 0 Å². The van der Waals surface area contributed by atoms with Gasteiger partial charge in [0.1, 0.15) is 17.6 Å². The summed E-state index contributed by atoms with van der Waals surface area (Å²) in [5.41, 5.74) is 9.45. The summed E-state index contributed by atoms with van der Waals surface area (Å²) in [6, 6.07) is 13.9. The molecule has 0 amide bonds. The summed E-state index contributed by atoms with van der Waals surface area (Å²) in [4.78, 5) is 0. The topological polar surface area (TPSA) is 44.5 Å². The first-order valence-corrected chi connectivity index (χ1v) is 7.14. The van der Waals surface area contributed by atoms with Crippen molar-refractivity contribution in [3.63, 3.8) is 0 Å². The van der Waals surface area contributed by atoms with E-state index in [0.29, 0.717) is 0 Å². The SMILES string of the molecule is COc1ccccc1C(Oc1cc(C)cc(C)c1)C(C)N. The molecule has 2 aromatic carbocycles. The van der Waals surface area contributed by atoms with E-state index < -0.39 is 0 Å². The van der Waals surface area contributed by atoms with E-state index in [9.17, 15) is 0 Å². The summed E-state index contributed by atoms with van der Waals surface area (Å²) >= 11 is 0. The van der Waals surface area contributed by atoms with Gasteiger partial charge in [-0.3, -0.25) is 0 Å². The maximum atomic E-state index is 6.16. The number of hydrogen-bond donors (Lipinski definition) is 1. The average molecular weight is 285 g/mol. The summed E-state index contributed by atoms with van der Waals surface area (Å²) < 4.78 is 11.6. The summed E-state index contributed by atoms with van der Waals surface area (Å²) in [5, 5.41) is 0. The molecule has 0 heterocycles. The molecule has 0 aromatic heterocycles. The molecular formula is C18H23NO2. The highest BCUT2D eigenvalue weighted by Crippen LogP contribution is 2.31. The van der Waals surface area contributed by atoms with E-state index in [1.54, 1.807) is 7.11 Å². The van der Waals surface area contributed by atoms with Crippen LogP contribution in [0.2, 0.25) is 0 Å². The normalized spacial score (nSPS) is 13.6. The lowest BCUT2D eigenvalue weighted by Gasteiger charge is -2.25. The molecule has 112 valence electrons. The van der Waals surface area contributed by atoms with Crippen molar-refractivity contribution in [1.82, 2.24) is 0 Å². The fraction of sp³-hybridized carbons (Fsp3) is 0.333. The first-order valence-electron chi connectivity index (χ1n) is 7.14. The standard InChI is InChI=1S/C18H23NO2/c1-12-9-13(2)11-15(10-12)21-18(14(3)19)16-7-5-6-8-17(16)20-4/h5-11,14,18H,19H2,1-4H3. The van der Waals surface area contributed by atoms with E-state index >= 15 is 0 Å². The number of aryl methyl sites for hydroxylation is 2. The predicted octanol–water partition coefficient (Wildman–Crippen LogP) is 3.78. The lowest BCUT2D eigenvalue weighted by atomic mass is 10.0. The molecule has 0 saturated heterocycles. The second-order valence-electron chi connectivity index (χ2n) is 5.46. The fourth-order valence-corrected chi connectivity index (χ4v) is 2.50. The Kier molecular flexibility index (Phi) is 4.86. The lowest BCUT2D eigenvalue weighted by Crippen LogP contribution is -2.29. The second-order valence-corrected chi connectivity index (χ2v) is 5.46. The molecule has 0 radical (unpaired) electrons. The van der Waals surface area contributed by atoms with Crippen molar-refractivity contribution in [2.24, 2.45) is 5.73 Å². The predicted molar refractivity (Wildman–Crippen MR) is 85.9 cm³/mol. The van der Waals surface area contributed by atoms with Crippen LogP contribution in [0.5, 0.6) is 11.5 Å². The largest absolute Gasteiger partial charge is 0.496 e. The number of benzene rings is 2. The van der Waals surface area contributed by atoms with Crippen molar-refractivity contribution >= 4 is 0 Å². The van der Waals surface area contributed by atoms with Gasteiger partial charge in [-0.15, -0.1) is 0 Å². The van der Waals surface area contributed by atoms with Crippen LogP contribution >= 0.6 is 0 Å². The third-order valence-corrected chi connectivity index (χ3v) is 3.38. The van der Waals surface area contributed by atoms with Crippen LogP contribution < -0.4 is 15.2 Å². The van der Waals surface area contributed by atoms with Crippen molar-refractivity contribution in [2.45, 2.75) is 32.9 Å². The third kappa shape index (κ3) is 3.76. The van der Waals surface area contributed by atoms with Gasteiger partial charge in [-0.1, -0.05) is 24.3 Å². The molecule has 3 heteroatoms. The van der Waals surface area contributed by atoms with Gasteiger partial charge < -0.3 is 15.2 Å². The molecule has 2 unspecified atom stereocenters. The highest BCUT2D eigenvalue weighted by Gasteiger charge is 2.22. The zero-order valence-corrected chi connectivity index (χ0v) is 13.1. The summed E-state index contributed by atoms with van der Waals surface area (Å²) in [6.07, 6.45) is -0.248. The van der Waals surface area contributed by atoms with Gasteiger partial charge in [0.05, 0.1) is 7.11 Å². The number of nitrogens with two attached hydrogens (primary N) is 1. The minimum atomic E-state index is -0.248. The van der Waals surface area contributed by atoms with Crippen LogP contribution in [0.3, 0.4) is 0 Å². The van der Waals surface area contributed by atoms with Crippen LogP contribution in [0.15, 0.2) is 42.5 Å². The highest BCUT2D eigenvalue weighted by molar-refractivity contribution is 5.38. The molecule has 2 aromatic rings. The number of hydrogen-bond acceptors (Lipinski definition) is 3. The van der Waals surface area contributed by atoms with E-state index in [0.717, 1.165) is 17.1 Å². The van der Waals surface area contributed by atoms with Crippen LogP contribution in [0.4, 0.5) is 0 Å². The summed E-state index contributed by atoms with van der Waals surface area (Å²) in [6.45, 7) is 6.06. The van der Waals surface area contributed by atoms with E-state index in [4.69, 9.17) is 15.2 Å². The van der Waals surface area contributed by atoms with Crippen LogP contribution in [0.25, 0.3) is 0 Å². The summed E-state index contributed by atoms with van der Waals surface area (Å²) in [7, 11) is 1.66. The first kappa shape index (κ1) is 15.4. The molecule has 0 aliphatic rings. The van der Waals surface area contributed by atoms with E-state index in [1.165, 1.54) is 11.1 Å². The number of rotatable bonds is 5. The molecule has 0 aliphatic heterocycles. The molecule has 0 spiro atoms. The third-order valence-electron chi connectivity index (χ3n) is 3.38. The van der Waals surface area contributed by atoms with Crippen LogP contribution in [0.1, 0.15) is 29.7 Å². The van der Waals surface area contributed by atoms with Crippen LogP contribution in [-0.4, -0.2) is 13.2 Å². The second kappa shape index (κ2) is 6.64. The Morgan fingerprint density at radius 2 is 1.62 bits per heavy atom. The zero-order valence-electron chi connectivity index (χ0n) is 13.1. The Bertz CT molecular complexity index is 588. The minimum Gasteiger partial charge on any atom is -0.496 e. The van der Waals surface area contributed by atoms with Gasteiger partial charge in [-0.05, 0) is 50.1 Å². The molecule has 0 fully saturated rings. The summed E-state index contributed by atoms with van der Waals surface area (Å²) in [5.74, 6) is 1.63. The van der Waals surface area contributed by atoms with Crippen molar-refractivity contribution < 1.29 is 9.47 Å². The van der Waals surface area contributed by atoms with Crippen molar-refractivity contribution in [3.05, 3.63) is 59.2 Å². The molecule has 0 bridgehead atoms. The Labute approximate surface area is 126 Å². The molecule has 2 atom stereocenters. The van der Waals surface area contributed by atoms with E-state index in [2.05, 4.69) is 19.9 Å². The van der Waals surface area contributed by atoms with Crippen LogP contribution in [-0.2, 0) is 0 Å². The van der Waals surface area contributed by atoms with Crippen molar-refractivity contribution in [3.8, 4) is 11.5 Å². The molecule has 3 nitrogen and oxygen atoms in total. The van der Waals surface area contributed by atoms with Gasteiger partial charge in [0.2, 0.25) is 0 Å². The van der Waals surface area contributed by atoms with Gasteiger partial charge in [0.25, 0.3) is 0 Å². The van der Waals surface area contributed by atoms with Gasteiger partial charge in [0.15, 0.2) is 0 Å². The maximum absolute atomic E-state index is 6.16. The maximum Gasteiger partial charge on any atom is 0.142 e. The Morgan fingerprint density at radius 1 is 1.00 bits per heavy atom. The fourth-order valence-electron chi connectivity index (χ4n) is 2.50. The lowest BCUT2D eigenvalue weighted by molar-refractivity contribution is 0.176. The zero-order chi connectivity index (χ0) is 15.4. The molecule has 0 saturated carbocycles. The average Bonchev–Trinajstić information content (AvgIpc) is 2.43. The van der Waals surface area contributed by atoms with E-state index in [1.807, 2.05) is 43.3 Å². The molecule has 21 heavy (non-hydrogen) atoms. The quantitative estimate of drug-likeness (QED) is 0.909. The van der Waals surface area contributed by atoms with Crippen LogP contribution in [0, 0.1) is 13.8 Å². The number of methoxy groups -OCH3 is 1. The Hall–Kier alpha value is -2.00. The van der Waals surface area contributed by atoms with Crippen molar-refractivity contribution in [2.75, 3.05) is 7.11 Å². The Morgan fingerprint density at radius 3 is 2.19 bits per heavy atom. The minimum absolute atomic E-state index is 0.151. The first-order chi connectivity index (χ1) is 10.0. The van der Waals surface area contributed by atoms with E-state index in [-0.39, 0.29) is 12.1 Å². The van der Waals surface area contributed by atoms with Gasteiger partial charge >= 0.3 is 0 Å². The molecular weight excluding hydrogens is 262 g/mol. The smallest absolute Gasteiger partial charge is 0.142 e.